The summed E-state index contributed by atoms with van der Waals surface area (Å²) < 4.78 is 5.31. The van der Waals surface area contributed by atoms with Gasteiger partial charge in [-0.2, -0.15) is 0 Å². The highest BCUT2D eigenvalue weighted by Crippen LogP contribution is 2.22. The van der Waals surface area contributed by atoms with Crippen LogP contribution < -0.4 is 10.9 Å². The predicted molar refractivity (Wildman–Crippen MR) is 55.9 cm³/mol. The lowest BCUT2D eigenvalue weighted by Crippen LogP contribution is -2.51. The smallest absolute Gasteiger partial charge is 0.236 e. The maximum atomic E-state index is 11.2. The fourth-order valence-corrected chi connectivity index (χ4v) is 1.78. The molecule has 0 aromatic heterocycles. The summed E-state index contributed by atoms with van der Waals surface area (Å²) >= 11 is 0. The van der Waals surface area contributed by atoms with Crippen molar-refractivity contribution in [1.82, 2.24) is 10.9 Å². The van der Waals surface area contributed by atoms with E-state index in [1.807, 2.05) is 30.3 Å². The molecule has 1 fully saturated rings. The van der Waals surface area contributed by atoms with Crippen LogP contribution in [0.1, 0.15) is 18.0 Å². The fraction of sp³-hybridized carbons (Fsp3) is 0.364. The Bertz CT molecular complexity index is 340. The SMILES string of the molecule is COC1CC(=O)NNC1c1ccccc1. The van der Waals surface area contributed by atoms with Gasteiger partial charge in [0.1, 0.15) is 0 Å². The number of nitrogens with one attached hydrogen (secondary N) is 2. The molecular weight excluding hydrogens is 192 g/mol. The minimum atomic E-state index is -0.110. The first-order valence-corrected chi connectivity index (χ1v) is 4.93. The normalized spacial score (nSPS) is 26.1. The van der Waals surface area contributed by atoms with Crippen LogP contribution in [0.5, 0.6) is 0 Å². The van der Waals surface area contributed by atoms with E-state index in [-0.39, 0.29) is 18.1 Å². The van der Waals surface area contributed by atoms with Gasteiger partial charge in [-0.1, -0.05) is 30.3 Å². The molecular formula is C11H14N2O2. The number of benzene rings is 1. The van der Waals surface area contributed by atoms with Crippen LogP contribution in [0.4, 0.5) is 0 Å². The molecule has 0 bridgehead atoms. The quantitative estimate of drug-likeness (QED) is 0.751. The summed E-state index contributed by atoms with van der Waals surface area (Å²) in [4.78, 5) is 11.2. The Balaban J connectivity index is 2.17. The van der Waals surface area contributed by atoms with Crippen molar-refractivity contribution in [2.75, 3.05) is 7.11 Å². The third kappa shape index (κ3) is 2.16. The number of amides is 1. The number of ether oxygens (including phenoxy) is 1. The summed E-state index contributed by atoms with van der Waals surface area (Å²) in [6, 6.07) is 9.96. The molecule has 0 spiro atoms. The molecule has 4 nitrogen and oxygen atoms in total. The number of hydrogen-bond donors (Lipinski definition) is 2. The monoisotopic (exact) mass is 206 g/mol. The summed E-state index contributed by atoms with van der Waals surface area (Å²) in [5.41, 5.74) is 6.70. The summed E-state index contributed by atoms with van der Waals surface area (Å²) in [7, 11) is 1.63. The van der Waals surface area contributed by atoms with Gasteiger partial charge in [0.15, 0.2) is 0 Å². The molecule has 0 aliphatic carbocycles. The molecule has 0 radical (unpaired) electrons. The van der Waals surface area contributed by atoms with Crippen molar-refractivity contribution in [3.05, 3.63) is 35.9 Å². The van der Waals surface area contributed by atoms with E-state index in [0.717, 1.165) is 5.56 Å². The van der Waals surface area contributed by atoms with Gasteiger partial charge in [-0.05, 0) is 5.56 Å². The first kappa shape index (κ1) is 10.1. The molecule has 2 unspecified atom stereocenters. The zero-order valence-electron chi connectivity index (χ0n) is 8.57. The van der Waals surface area contributed by atoms with E-state index in [2.05, 4.69) is 10.9 Å². The molecule has 1 aliphatic rings. The molecule has 0 saturated carbocycles. The minimum Gasteiger partial charge on any atom is -0.379 e. The molecule has 1 amide bonds. The topological polar surface area (TPSA) is 50.4 Å². The second kappa shape index (κ2) is 4.42. The van der Waals surface area contributed by atoms with E-state index in [4.69, 9.17) is 4.74 Å². The summed E-state index contributed by atoms with van der Waals surface area (Å²) in [6.45, 7) is 0. The van der Waals surface area contributed by atoms with Crippen LogP contribution >= 0.6 is 0 Å². The van der Waals surface area contributed by atoms with Gasteiger partial charge in [-0.15, -0.1) is 0 Å². The Labute approximate surface area is 88.6 Å². The van der Waals surface area contributed by atoms with Crippen molar-refractivity contribution >= 4 is 5.91 Å². The van der Waals surface area contributed by atoms with Crippen LogP contribution in [0.2, 0.25) is 0 Å². The lowest BCUT2D eigenvalue weighted by Gasteiger charge is -2.31. The van der Waals surface area contributed by atoms with Crippen LogP contribution in [-0.4, -0.2) is 19.1 Å². The van der Waals surface area contributed by atoms with E-state index in [1.54, 1.807) is 7.11 Å². The molecule has 1 aromatic rings. The van der Waals surface area contributed by atoms with Crippen molar-refractivity contribution in [3.63, 3.8) is 0 Å². The van der Waals surface area contributed by atoms with Crippen LogP contribution in [0.25, 0.3) is 0 Å². The largest absolute Gasteiger partial charge is 0.379 e. The van der Waals surface area contributed by atoms with Gasteiger partial charge in [-0.3, -0.25) is 10.2 Å². The highest BCUT2D eigenvalue weighted by atomic mass is 16.5. The second-order valence-corrected chi connectivity index (χ2v) is 3.56. The van der Waals surface area contributed by atoms with Crippen molar-refractivity contribution in [2.24, 2.45) is 0 Å². The molecule has 2 rings (SSSR count). The van der Waals surface area contributed by atoms with Gasteiger partial charge < -0.3 is 4.74 Å². The highest BCUT2D eigenvalue weighted by molar-refractivity contribution is 5.77. The van der Waals surface area contributed by atoms with Crippen LogP contribution in [0.15, 0.2) is 30.3 Å². The van der Waals surface area contributed by atoms with Crippen molar-refractivity contribution in [3.8, 4) is 0 Å². The molecule has 2 N–H and O–H groups in total. The maximum absolute atomic E-state index is 11.2. The molecule has 1 heterocycles. The third-order valence-electron chi connectivity index (χ3n) is 2.59. The van der Waals surface area contributed by atoms with Crippen molar-refractivity contribution < 1.29 is 9.53 Å². The molecule has 2 atom stereocenters. The van der Waals surface area contributed by atoms with Crippen LogP contribution in [0.3, 0.4) is 0 Å². The Morgan fingerprint density at radius 1 is 1.33 bits per heavy atom. The number of hydrogen-bond acceptors (Lipinski definition) is 3. The average molecular weight is 206 g/mol. The summed E-state index contributed by atoms with van der Waals surface area (Å²) in [5, 5.41) is 0. The third-order valence-corrected chi connectivity index (χ3v) is 2.59. The lowest BCUT2D eigenvalue weighted by atomic mass is 9.98. The van der Waals surface area contributed by atoms with Crippen LogP contribution in [0, 0.1) is 0 Å². The number of methoxy groups -OCH3 is 1. The van der Waals surface area contributed by atoms with Gasteiger partial charge in [0, 0.05) is 7.11 Å². The average Bonchev–Trinajstić information content (AvgIpc) is 2.30. The van der Waals surface area contributed by atoms with E-state index in [9.17, 15) is 4.79 Å². The Morgan fingerprint density at radius 3 is 2.73 bits per heavy atom. The van der Waals surface area contributed by atoms with E-state index < -0.39 is 0 Å². The van der Waals surface area contributed by atoms with Crippen molar-refractivity contribution in [2.45, 2.75) is 18.6 Å². The predicted octanol–water partition coefficient (Wildman–Crippen LogP) is 0.767. The summed E-state index contributed by atoms with van der Waals surface area (Å²) in [6.07, 6.45) is 0.282. The molecule has 1 aliphatic heterocycles. The standard InChI is InChI=1S/C11H14N2O2/c1-15-9-7-10(14)12-13-11(9)8-5-3-2-4-6-8/h2-6,9,11,13H,7H2,1H3,(H,12,14). The number of hydrazine groups is 1. The first-order chi connectivity index (χ1) is 7.31. The second-order valence-electron chi connectivity index (χ2n) is 3.56. The highest BCUT2D eigenvalue weighted by Gasteiger charge is 2.29. The Hall–Kier alpha value is -1.39. The molecule has 4 heteroatoms. The lowest BCUT2D eigenvalue weighted by molar-refractivity contribution is -0.129. The van der Waals surface area contributed by atoms with Gasteiger partial charge in [0.05, 0.1) is 18.6 Å². The van der Waals surface area contributed by atoms with E-state index in [0.29, 0.717) is 6.42 Å². The van der Waals surface area contributed by atoms with Gasteiger partial charge >= 0.3 is 0 Å². The summed E-state index contributed by atoms with van der Waals surface area (Å²) in [5.74, 6) is -0.0333. The van der Waals surface area contributed by atoms with Gasteiger partial charge in [-0.25, -0.2) is 5.43 Å². The number of carbonyl (C=O) groups excluding carboxylic acids is 1. The van der Waals surface area contributed by atoms with Crippen LogP contribution in [-0.2, 0) is 9.53 Å². The number of carbonyl (C=O) groups is 1. The molecule has 1 saturated heterocycles. The maximum Gasteiger partial charge on any atom is 0.236 e. The van der Waals surface area contributed by atoms with Gasteiger partial charge in [0.2, 0.25) is 5.91 Å². The van der Waals surface area contributed by atoms with E-state index in [1.165, 1.54) is 0 Å². The minimum absolute atomic E-state index is 0.0221. The Kier molecular flexibility index (Phi) is 2.99. The molecule has 15 heavy (non-hydrogen) atoms. The molecule has 80 valence electrons. The Morgan fingerprint density at radius 2 is 2.07 bits per heavy atom. The first-order valence-electron chi connectivity index (χ1n) is 4.93. The zero-order valence-corrected chi connectivity index (χ0v) is 8.57. The van der Waals surface area contributed by atoms with Crippen molar-refractivity contribution in [1.29, 1.82) is 0 Å². The zero-order chi connectivity index (χ0) is 10.7. The van der Waals surface area contributed by atoms with Gasteiger partial charge in [0.25, 0.3) is 0 Å². The number of rotatable bonds is 2. The van der Waals surface area contributed by atoms with E-state index >= 15 is 0 Å². The molecule has 1 aromatic carbocycles. The fourth-order valence-electron chi connectivity index (χ4n) is 1.78.